The van der Waals surface area contributed by atoms with Crippen molar-refractivity contribution in [1.82, 2.24) is 10.6 Å². The number of hydrogen-bond donors (Lipinski definition) is 4. The summed E-state index contributed by atoms with van der Waals surface area (Å²) in [5.74, 6) is -1.62. The smallest absolute Gasteiger partial charge is 0.328 e. The summed E-state index contributed by atoms with van der Waals surface area (Å²) >= 11 is 0. The number of carboxylic acids is 2. The van der Waals surface area contributed by atoms with Gasteiger partial charge in [-0.25, -0.2) is 9.59 Å². The lowest BCUT2D eigenvalue weighted by Crippen LogP contribution is -2.60. The van der Waals surface area contributed by atoms with Gasteiger partial charge >= 0.3 is 11.9 Å². The molecule has 3 rings (SSSR count). The third-order valence-electron chi connectivity index (χ3n) is 6.09. The van der Waals surface area contributed by atoms with Gasteiger partial charge in [0.15, 0.2) is 0 Å². The van der Waals surface area contributed by atoms with Crippen molar-refractivity contribution in [2.45, 2.75) is 45.7 Å². The summed E-state index contributed by atoms with van der Waals surface area (Å²) in [4.78, 5) is 19.1. The van der Waals surface area contributed by atoms with Gasteiger partial charge in [0.2, 0.25) is 0 Å². The molecule has 4 N–H and O–H groups in total. The van der Waals surface area contributed by atoms with Crippen LogP contribution < -0.4 is 10.6 Å². The largest absolute Gasteiger partial charge is 0.478 e. The maximum Gasteiger partial charge on any atom is 0.328 e. The van der Waals surface area contributed by atoms with Crippen molar-refractivity contribution in [1.29, 1.82) is 0 Å². The molecule has 0 aromatic rings. The van der Waals surface area contributed by atoms with E-state index in [4.69, 9.17) is 10.2 Å². The van der Waals surface area contributed by atoms with Crippen molar-refractivity contribution in [3.8, 4) is 0 Å². The molecule has 6 heteroatoms. The van der Waals surface area contributed by atoms with Gasteiger partial charge in [-0.2, -0.15) is 0 Å². The molecule has 2 bridgehead atoms. The van der Waals surface area contributed by atoms with Gasteiger partial charge in [0, 0.05) is 37.3 Å². The molecule has 3 aliphatic rings. The van der Waals surface area contributed by atoms with E-state index in [2.05, 4.69) is 31.4 Å². The van der Waals surface area contributed by atoms with E-state index >= 15 is 0 Å². The van der Waals surface area contributed by atoms with Crippen molar-refractivity contribution in [3.63, 3.8) is 0 Å². The van der Waals surface area contributed by atoms with Crippen molar-refractivity contribution in [3.05, 3.63) is 12.2 Å². The molecule has 0 aromatic heterocycles. The minimum absolute atomic E-state index is 0.521. The normalized spacial score (nSPS) is 38.2. The number of carboxylic acid groups (broad SMARTS) is 2. The maximum atomic E-state index is 9.55. The van der Waals surface area contributed by atoms with Gasteiger partial charge in [-0.1, -0.05) is 20.8 Å². The highest BCUT2D eigenvalue weighted by molar-refractivity contribution is 5.89. The van der Waals surface area contributed by atoms with E-state index in [-0.39, 0.29) is 0 Å². The van der Waals surface area contributed by atoms with Crippen LogP contribution in [-0.2, 0) is 9.59 Å². The van der Waals surface area contributed by atoms with Gasteiger partial charge in [-0.15, -0.1) is 0 Å². The van der Waals surface area contributed by atoms with Crippen molar-refractivity contribution in [2.75, 3.05) is 13.1 Å². The number of hydrogen-bond acceptors (Lipinski definition) is 4. The highest BCUT2D eigenvalue weighted by Crippen LogP contribution is 2.65. The van der Waals surface area contributed by atoms with Crippen LogP contribution in [0.1, 0.15) is 33.6 Å². The van der Waals surface area contributed by atoms with E-state index in [1.165, 1.54) is 12.8 Å². The number of rotatable bonds is 2. The fraction of sp³-hybridized carbons (Fsp3) is 0.750. The average Bonchev–Trinajstić information content (AvgIpc) is 2.78. The molecule has 1 heterocycles. The molecular formula is C16H26N2O4. The van der Waals surface area contributed by atoms with Crippen LogP contribution >= 0.6 is 0 Å². The van der Waals surface area contributed by atoms with E-state index < -0.39 is 11.9 Å². The van der Waals surface area contributed by atoms with E-state index in [1.54, 1.807) is 0 Å². The van der Waals surface area contributed by atoms with Crippen LogP contribution in [0.3, 0.4) is 0 Å². The van der Waals surface area contributed by atoms with Crippen LogP contribution in [-0.4, -0.2) is 47.3 Å². The summed E-state index contributed by atoms with van der Waals surface area (Å²) in [5, 5.41) is 23.1. The number of piperazine rings is 1. The van der Waals surface area contributed by atoms with Gasteiger partial charge in [0.25, 0.3) is 0 Å². The SMILES string of the molecule is CC1(C)C2CCC1(C)C1NCCNC21.O=C(O)/C=C\C(=O)O. The first-order chi connectivity index (χ1) is 10.2. The Morgan fingerprint density at radius 3 is 2.09 bits per heavy atom. The third-order valence-corrected chi connectivity index (χ3v) is 6.09. The Morgan fingerprint density at radius 1 is 1.05 bits per heavy atom. The summed E-state index contributed by atoms with van der Waals surface area (Å²) in [6, 6.07) is 1.47. The van der Waals surface area contributed by atoms with Crippen LogP contribution in [0.5, 0.6) is 0 Å². The standard InChI is InChI=1S/C12H22N2.C4H4O4/c1-11(2)8-4-5-12(11,3)10-9(8)13-6-7-14-10;5-3(6)1-2-4(7)8/h8-10,13-14H,4-7H2,1-3H3;1-2H,(H,5,6)(H,7,8)/b;2-1-. The maximum absolute atomic E-state index is 9.55. The Bertz CT molecular complexity index is 473. The minimum Gasteiger partial charge on any atom is -0.478 e. The third kappa shape index (κ3) is 2.77. The summed E-state index contributed by atoms with van der Waals surface area (Å²) in [6.45, 7) is 9.76. The zero-order valence-corrected chi connectivity index (χ0v) is 13.4. The molecule has 1 saturated heterocycles. The zero-order chi connectivity index (χ0) is 16.5. The van der Waals surface area contributed by atoms with Crippen molar-refractivity contribution < 1.29 is 19.8 Å². The number of carbonyl (C=O) groups is 2. The summed E-state index contributed by atoms with van der Waals surface area (Å²) < 4.78 is 0. The second kappa shape index (κ2) is 6.01. The first-order valence-electron chi connectivity index (χ1n) is 7.81. The van der Waals surface area contributed by atoms with Crippen molar-refractivity contribution >= 4 is 11.9 Å². The van der Waals surface area contributed by atoms with Gasteiger partial charge in [-0.3, -0.25) is 0 Å². The monoisotopic (exact) mass is 310 g/mol. The Morgan fingerprint density at radius 2 is 1.59 bits per heavy atom. The highest BCUT2D eigenvalue weighted by atomic mass is 16.4. The first kappa shape index (κ1) is 17.0. The van der Waals surface area contributed by atoms with Crippen LogP contribution in [0.25, 0.3) is 0 Å². The van der Waals surface area contributed by atoms with Crippen molar-refractivity contribution in [2.24, 2.45) is 16.7 Å². The zero-order valence-electron chi connectivity index (χ0n) is 13.4. The van der Waals surface area contributed by atoms with Gasteiger partial charge in [0.05, 0.1) is 0 Å². The molecule has 4 atom stereocenters. The van der Waals surface area contributed by atoms with E-state index in [0.717, 1.165) is 31.1 Å². The lowest BCUT2D eigenvalue weighted by molar-refractivity contribution is -0.134. The predicted molar refractivity (Wildman–Crippen MR) is 82.6 cm³/mol. The lowest BCUT2D eigenvalue weighted by atomic mass is 9.69. The molecule has 0 aromatic carbocycles. The molecule has 0 spiro atoms. The van der Waals surface area contributed by atoms with E-state index in [9.17, 15) is 9.59 Å². The molecule has 22 heavy (non-hydrogen) atoms. The van der Waals surface area contributed by atoms with E-state index in [1.807, 2.05) is 0 Å². The molecule has 0 radical (unpaired) electrons. The molecule has 2 saturated carbocycles. The van der Waals surface area contributed by atoms with Crippen LogP contribution in [0, 0.1) is 16.7 Å². The second-order valence-electron chi connectivity index (χ2n) is 7.21. The fourth-order valence-electron chi connectivity index (χ4n) is 4.60. The Kier molecular flexibility index (Phi) is 4.63. The van der Waals surface area contributed by atoms with Crippen LogP contribution in [0.2, 0.25) is 0 Å². The van der Waals surface area contributed by atoms with Crippen LogP contribution in [0.4, 0.5) is 0 Å². The minimum atomic E-state index is -1.26. The summed E-state index contributed by atoms with van der Waals surface area (Å²) in [6.07, 6.45) is 3.96. The first-order valence-corrected chi connectivity index (χ1v) is 7.81. The van der Waals surface area contributed by atoms with Crippen LogP contribution in [0.15, 0.2) is 12.2 Å². The quantitative estimate of drug-likeness (QED) is 0.570. The summed E-state index contributed by atoms with van der Waals surface area (Å²) in [7, 11) is 0. The molecule has 4 unspecified atom stereocenters. The van der Waals surface area contributed by atoms with Gasteiger partial charge < -0.3 is 20.8 Å². The number of fused-ring (bicyclic) bond motifs is 5. The Balaban J connectivity index is 0.000000192. The van der Waals surface area contributed by atoms with E-state index in [0.29, 0.717) is 23.0 Å². The Hall–Kier alpha value is -1.40. The topological polar surface area (TPSA) is 98.7 Å². The highest BCUT2D eigenvalue weighted by Gasteiger charge is 2.66. The molecule has 124 valence electrons. The van der Waals surface area contributed by atoms with Gasteiger partial charge in [-0.05, 0) is 29.6 Å². The predicted octanol–water partition coefficient (Wildman–Crippen LogP) is 1.08. The molecule has 0 amide bonds. The molecule has 1 aliphatic heterocycles. The summed E-state index contributed by atoms with van der Waals surface area (Å²) in [5.41, 5.74) is 1.04. The number of aliphatic carboxylic acids is 2. The lowest BCUT2D eigenvalue weighted by Gasteiger charge is -2.43. The second-order valence-corrected chi connectivity index (χ2v) is 7.21. The molecule has 2 aliphatic carbocycles. The van der Waals surface area contributed by atoms with Gasteiger partial charge in [0.1, 0.15) is 0 Å². The average molecular weight is 310 g/mol. The molecule has 6 nitrogen and oxygen atoms in total. The molecule has 3 fully saturated rings. The molecular weight excluding hydrogens is 284 g/mol. The Labute approximate surface area is 131 Å². The number of nitrogens with one attached hydrogen (secondary N) is 2. The fourth-order valence-corrected chi connectivity index (χ4v) is 4.60.